The number of hydrogen-bond acceptors (Lipinski definition) is 5. The molecule has 0 radical (unpaired) electrons. The van der Waals surface area contributed by atoms with Gasteiger partial charge in [0.05, 0.1) is 12.5 Å². The highest BCUT2D eigenvalue weighted by molar-refractivity contribution is 5.70. The summed E-state index contributed by atoms with van der Waals surface area (Å²) >= 11 is 0. The van der Waals surface area contributed by atoms with Gasteiger partial charge in [0, 0.05) is 12.1 Å². The van der Waals surface area contributed by atoms with Crippen LogP contribution in [-0.2, 0) is 4.79 Å². The number of aliphatic carboxylic acids is 1. The molecule has 1 aliphatic carbocycles. The topological polar surface area (TPSA) is 84.3 Å². The van der Waals surface area contributed by atoms with Crippen LogP contribution in [0, 0.1) is 5.92 Å². The summed E-state index contributed by atoms with van der Waals surface area (Å²) in [7, 11) is 0. The molecule has 2 N–H and O–H groups in total. The first-order valence-electron chi connectivity index (χ1n) is 6.13. The lowest BCUT2D eigenvalue weighted by molar-refractivity contribution is -0.141. The highest BCUT2D eigenvalue weighted by Gasteiger charge is 2.29. The SMILES string of the molecule is CCOc1cc(NC2CCC(C(=O)O)C2)ncn1. The van der Waals surface area contributed by atoms with Gasteiger partial charge in [0.15, 0.2) is 0 Å². The molecule has 18 heavy (non-hydrogen) atoms. The number of carboxylic acids is 1. The molecule has 0 amide bonds. The van der Waals surface area contributed by atoms with Crippen LogP contribution in [0.4, 0.5) is 5.82 Å². The van der Waals surface area contributed by atoms with E-state index in [4.69, 9.17) is 9.84 Å². The summed E-state index contributed by atoms with van der Waals surface area (Å²) < 4.78 is 5.29. The van der Waals surface area contributed by atoms with E-state index in [1.165, 1.54) is 6.33 Å². The van der Waals surface area contributed by atoms with Gasteiger partial charge < -0.3 is 15.2 Å². The Balaban J connectivity index is 1.94. The zero-order valence-corrected chi connectivity index (χ0v) is 10.3. The van der Waals surface area contributed by atoms with Crippen LogP contribution in [-0.4, -0.2) is 33.7 Å². The second-order valence-corrected chi connectivity index (χ2v) is 4.36. The van der Waals surface area contributed by atoms with Crippen molar-refractivity contribution < 1.29 is 14.6 Å². The third-order valence-corrected chi connectivity index (χ3v) is 3.07. The third-order valence-electron chi connectivity index (χ3n) is 3.07. The molecule has 1 aromatic heterocycles. The molecule has 0 aliphatic heterocycles. The van der Waals surface area contributed by atoms with Crippen LogP contribution >= 0.6 is 0 Å². The van der Waals surface area contributed by atoms with Crippen molar-refractivity contribution in [2.24, 2.45) is 5.92 Å². The normalized spacial score (nSPS) is 22.7. The van der Waals surface area contributed by atoms with Crippen molar-refractivity contribution in [3.8, 4) is 5.88 Å². The zero-order valence-electron chi connectivity index (χ0n) is 10.3. The number of nitrogens with one attached hydrogen (secondary N) is 1. The first-order valence-corrected chi connectivity index (χ1v) is 6.13. The fraction of sp³-hybridized carbons (Fsp3) is 0.583. The Kier molecular flexibility index (Phi) is 3.96. The maximum atomic E-state index is 10.9. The molecule has 1 aromatic rings. The molecular weight excluding hydrogens is 234 g/mol. The van der Waals surface area contributed by atoms with Gasteiger partial charge in [-0.2, -0.15) is 0 Å². The maximum absolute atomic E-state index is 10.9. The molecule has 0 aromatic carbocycles. The van der Waals surface area contributed by atoms with Crippen molar-refractivity contribution in [1.82, 2.24) is 9.97 Å². The lowest BCUT2D eigenvalue weighted by Gasteiger charge is -2.13. The molecule has 6 heteroatoms. The van der Waals surface area contributed by atoms with Crippen LogP contribution in [0.3, 0.4) is 0 Å². The van der Waals surface area contributed by atoms with Crippen LogP contribution < -0.4 is 10.1 Å². The van der Waals surface area contributed by atoms with E-state index in [9.17, 15) is 4.79 Å². The van der Waals surface area contributed by atoms with Crippen LogP contribution in [0.5, 0.6) is 5.88 Å². The Morgan fingerprint density at radius 3 is 3.06 bits per heavy atom. The largest absolute Gasteiger partial charge is 0.481 e. The van der Waals surface area contributed by atoms with Crippen molar-refractivity contribution in [2.75, 3.05) is 11.9 Å². The van der Waals surface area contributed by atoms with Crippen LogP contribution in [0.1, 0.15) is 26.2 Å². The van der Waals surface area contributed by atoms with Gasteiger partial charge in [-0.3, -0.25) is 4.79 Å². The van der Waals surface area contributed by atoms with Gasteiger partial charge in [0.25, 0.3) is 0 Å². The van der Waals surface area contributed by atoms with Crippen molar-refractivity contribution in [2.45, 2.75) is 32.2 Å². The molecule has 2 atom stereocenters. The summed E-state index contributed by atoms with van der Waals surface area (Å²) in [6, 6.07) is 1.90. The Morgan fingerprint density at radius 1 is 1.56 bits per heavy atom. The van der Waals surface area contributed by atoms with Gasteiger partial charge in [-0.1, -0.05) is 0 Å². The number of ether oxygens (including phenoxy) is 1. The van der Waals surface area contributed by atoms with Gasteiger partial charge >= 0.3 is 5.97 Å². The summed E-state index contributed by atoms with van der Waals surface area (Å²) in [4.78, 5) is 19.0. The number of aromatic nitrogens is 2. The van der Waals surface area contributed by atoms with Crippen molar-refractivity contribution in [3.63, 3.8) is 0 Å². The van der Waals surface area contributed by atoms with E-state index in [0.29, 0.717) is 24.7 Å². The Bertz CT molecular complexity index is 425. The molecular formula is C12H17N3O3. The summed E-state index contributed by atoms with van der Waals surface area (Å²) in [5, 5.41) is 12.2. The fourth-order valence-electron chi connectivity index (χ4n) is 2.19. The van der Waals surface area contributed by atoms with Crippen LogP contribution in [0.2, 0.25) is 0 Å². The van der Waals surface area contributed by atoms with Gasteiger partial charge in [0.2, 0.25) is 5.88 Å². The standard InChI is InChI=1S/C12H17N3O3/c1-2-18-11-6-10(13-7-14-11)15-9-4-3-8(5-9)12(16)17/h6-9H,2-5H2,1H3,(H,16,17)(H,13,14,15). The monoisotopic (exact) mass is 251 g/mol. The molecule has 98 valence electrons. The molecule has 2 unspecified atom stereocenters. The second-order valence-electron chi connectivity index (χ2n) is 4.36. The van der Waals surface area contributed by atoms with Crippen LogP contribution in [0.25, 0.3) is 0 Å². The number of rotatable bonds is 5. The summed E-state index contributed by atoms with van der Waals surface area (Å²) in [6.45, 7) is 2.45. The van der Waals surface area contributed by atoms with Gasteiger partial charge in [0.1, 0.15) is 12.1 Å². The quantitative estimate of drug-likeness (QED) is 0.825. The Labute approximate surface area is 105 Å². The number of anilines is 1. The lowest BCUT2D eigenvalue weighted by Crippen LogP contribution is -2.18. The summed E-state index contributed by atoms with van der Waals surface area (Å²) in [6.07, 6.45) is 3.65. The summed E-state index contributed by atoms with van der Waals surface area (Å²) in [5.41, 5.74) is 0. The molecule has 0 bridgehead atoms. The number of hydrogen-bond donors (Lipinski definition) is 2. The molecule has 1 saturated carbocycles. The van der Waals surface area contributed by atoms with Crippen molar-refractivity contribution in [3.05, 3.63) is 12.4 Å². The van der Waals surface area contributed by atoms with E-state index in [2.05, 4.69) is 15.3 Å². The van der Waals surface area contributed by atoms with Crippen molar-refractivity contribution in [1.29, 1.82) is 0 Å². The lowest BCUT2D eigenvalue weighted by atomic mass is 10.1. The molecule has 2 rings (SSSR count). The summed E-state index contributed by atoms with van der Waals surface area (Å²) in [5.74, 6) is 0.264. The Morgan fingerprint density at radius 2 is 2.39 bits per heavy atom. The Hall–Kier alpha value is -1.85. The van der Waals surface area contributed by atoms with Gasteiger partial charge in [-0.15, -0.1) is 0 Å². The van der Waals surface area contributed by atoms with Gasteiger partial charge in [-0.25, -0.2) is 9.97 Å². The van der Waals surface area contributed by atoms with E-state index < -0.39 is 5.97 Å². The average molecular weight is 251 g/mol. The maximum Gasteiger partial charge on any atom is 0.306 e. The minimum Gasteiger partial charge on any atom is -0.481 e. The molecule has 6 nitrogen and oxygen atoms in total. The zero-order chi connectivity index (χ0) is 13.0. The van der Waals surface area contributed by atoms with E-state index >= 15 is 0 Å². The molecule has 0 saturated heterocycles. The minimum absolute atomic E-state index is 0.162. The highest BCUT2D eigenvalue weighted by atomic mass is 16.5. The predicted molar refractivity (Wildman–Crippen MR) is 65.6 cm³/mol. The van der Waals surface area contributed by atoms with Crippen LogP contribution in [0.15, 0.2) is 12.4 Å². The van der Waals surface area contributed by atoms with E-state index in [-0.39, 0.29) is 12.0 Å². The van der Waals surface area contributed by atoms with E-state index in [1.807, 2.05) is 6.92 Å². The third kappa shape index (κ3) is 3.09. The van der Waals surface area contributed by atoms with Gasteiger partial charge in [-0.05, 0) is 26.2 Å². The predicted octanol–water partition coefficient (Wildman–Crippen LogP) is 1.54. The van der Waals surface area contributed by atoms with Crippen molar-refractivity contribution >= 4 is 11.8 Å². The molecule has 1 fully saturated rings. The first kappa shape index (κ1) is 12.6. The number of carboxylic acid groups (broad SMARTS) is 1. The van der Waals surface area contributed by atoms with E-state index in [1.54, 1.807) is 6.07 Å². The second kappa shape index (κ2) is 5.66. The smallest absolute Gasteiger partial charge is 0.306 e. The fourth-order valence-corrected chi connectivity index (χ4v) is 2.19. The first-order chi connectivity index (χ1) is 8.69. The molecule has 1 heterocycles. The molecule has 1 aliphatic rings. The number of nitrogens with zero attached hydrogens (tertiary/aromatic N) is 2. The number of carbonyl (C=O) groups is 1. The minimum atomic E-state index is -0.711. The highest BCUT2D eigenvalue weighted by Crippen LogP contribution is 2.28. The van der Waals surface area contributed by atoms with E-state index in [0.717, 1.165) is 12.8 Å². The average Bonchev–Trinajstić information content (AvgIpc) is 2.78. The molecule has 0 spiro atoms.